The topological polar surface area (TPSA) is 99.0 Å². The number of nitro groups is 1. The van der Waals surface area contributed by atoms with Crippen molar-refractivity contribution in [2.75, 3.05) is 37.8 Å². The third-order valence-electron chi connectivity index (χ3n) is 5.19. The second-order valence-electron chi connectivity index (χ2n) is 7.11. The number of esters is 1. The van der Waals surface area contributed by atoms with Crippen LogP contribution in [0.4, 0.5) is 11.4 Å². The Hall–Kier alpha value is -3.30. The summed E-state index contributed by atoms with van der Waals surface area (Å²) in [5, 5.41) is 12.2. The third kappa shape index (κ3) is 4.28. The number of nitro benzene ring substituents is 1. The number of rotatable bonds is 6. The van der Waals surface area contributed by atoms with Crippen LogP contribution in [0.1, 0.15) is 25.6 Å². The number of carbonyl (C=O) groups is 2. The number of non-ortho nitro benzene ring substituents is 1. The van der Waals surface area contributed by atoms with Crippen molar-refractivity contribution >= 4 is 44.6 Å². The molecular formula is C22H20N2O6S. The van der Waals surface area contributed by atoms with Crippen LogP contribution in [-0.2, 0) is 9.47 Å². The van der Waals surface area contributed by atoms with Crippen LogP contribution in [0, 0.1) is 17.0 Å². The fourth-order valence-corrected chi connectivity index (χ4v) is 4.73. The number of aryl methyl sites for hydroxylation is 1. The molecule has 8 nitrogen and oxygen atoms in total. The van der Waals surface area contributed by atoms with Crippen molar-refractivity contribution in [3.63, 3.8) is 0 Å². The predicted octanol–water partition coefficient (Wildman–Crippen LogP) is 3.99. The molecule has 1 aliphatic heterocycles. The summed E-state index contributed by atoms with van der Waals surface area (Å²) in [4.78, 5) is 38.7. The van der Waals surface area contributed by atoms with Gasteiger partial charge in [-0.05, 0) is 30.0 Å². The van der Waals surface area contributed by atoms with Crippen LogP contribution in [0.2, 0.25) is 0 Å². The molecule has 0 spiro atoms. The van der Waals surface area contributed by atoms with Gasteiger partial charge >= 0.3 is 5.97 Å². The minimum atomic E-state index is -0.766. The van der Waals surface area contributed by atoms with Gasteiger partial charge in [0.1, 0.15) is 0 Å². The van der Waals surface area contributed by atoms with Gasteiger partial charge in [-0.3, -0.25) is 14.9 Å². The van der Waals surface area contributed by atoms with E-state index in [-0.39, 0.29) is 17.0 Å². The molecule has 2 heterocycles. The van der Waals surface area contributed by atoms with Gasteiger partial charge in [-0.25, -0.2) is 4.79 Å². The summed E-state index contributed by atoms with van der Waals surface area (Å²) in [6, 6.07) is 11.8. The Kier molecular flexibility index (Phi) is 5.97. The molecule has 31 heavy (non-hydrogen) atoms. The van der Waals surface area contributed by atoms with Crippen LogP contribution < -0.4 is 4.90 Å². The molecule has 1 saturated heterocycles. The van der Waals surface area contributed by atoms with E-state index in [4.69, 9.17) is 9.47 Å². The van der Waals surface area contributed by atoms with Crippen LogP contribution in [0.5, 0.6) is 0 Å². The second-order valence-corrected chi connectivity index (χ2v) is 8.16. The summed E-state index contributed by atoms with van der Waals surface area (Å²) in [5.74, 6) is -1.07. The number of nitrogens with zero attached hydrogens (tertiary/aromatic N) is 2. The molecule has 0 bridgehead atoms. The number of fused-ring (bicyclic) bond motifs is 1. The van der Waals surface area contributed by atoms with Crippen LogP contribution in [0.15, 0.2) is 42.5 Å². The normalized spacial score (nSPS) is 13.9. The Bertz CT molecular complexity index is 1170. The van der Waals surface area contributed by atoms with Gasteiger partial charge in [0, 0.05) is 29.9 Å². The smallest absolute Gasteiger partial charge is 0.340 e. The SMILES string of the molecule is Cc1c(C(=O)COC(=O)c2cc([N+](=O)[O-])ccc2N2CCOCC2)sc2ccccc12. The fourth-order valence-electron chi connectivity index (χ4n) is 3.60. The van der Waals surface area contributed by atoms with Gasteiger partial charge in [-0.1, -0.05) is 18.2 Å². The first-order chi connectivity index (χ1) is 15.0. The molecule has 4 rings (SSSR count). The highest BCUT2D eigenvalue weighted by molar-refractivity contribution is 7.21. The maximum atomic E-state index is 12.8. The molecule has 0 radical (unpaired) electrons. The summed E-state index contributed by atoms with van der Waals surface area (Å²) in [7, 11) is 0. The molecule has 1 aliphatic rings. The number of benzene rings is 2. The predicted molar refractivity (Wildman–Crippen MR) is 117 cm³/mol. The van der Waals surface area contributed by atoms with E-state index in [9.17, 15) is 19.7 Å². The van der Waals surface area contributed by atoms with Crippen molar-refractivity contribution in [2.45, 2.75) is 6.92 Å². The fraction of sp³-hybridized carbons (Fsp3) is 0.273. The van der Waals surface area contributed by atoms with Crippen molar-refractivity contribution in [1.29, 1.82) is 0 Å². The average Bonchev–Trinajstić information content (AvgIpc) is 3.14. The van der Waals surface area contributed by atoms with Crippen LogP contribution in [-0.4, -0.2) is 49.6 Å². The number of anilines is 1. The van der Waals surface area contributed by atoms with Crippen molar-refractivity contribution in [1.82, 2.24) is 0 Å². The standard InChI is InChI=1S/C22H20N2O6S/c1-14-16-4-2-3-5-20(16)31-21(14)19(25)13-30-22(26)17-12-15(24(27)28)6-7-18(17)23-8-10-29-11-9-23/h2-7,12H,8-11,13H2,1H3. The minimum absolute atomic E-state index is 0.0666. The molecular weight excluding hydrogens is 420 g/mol. The molecule has 3 aromatic rings. The van der Waals surface area contributed by atoms with E-state index in [1.807, 2.05) is 36.1 Å². The summed E-state index contributed by atoms with van der Waals surface area (Å²) in [6.45, 7) is 3.53. The van der Waals surface area contributed by atoms with Crippen LogP contribution in [0.25, 0.3) is 10.1 Å². The van der Waals surface area contributed by atoms with Crippen LogP contribution >= 0.6 is 11.3 Å². The van der Waals surface area contributed by atoms with E-state index >= 15 is 0 Å². The Morgan fingerprint density at radius 1 is 1.19 bits per heavy atom. The van der Waals surface area contributed by atoms with Gasteiger partial charge in [0.25, 0.3) is 5.69 Å². The zero-order valence-corrected chi connectivity index (χ0v) is 17.6. The van der Waals surface area contributed by atoms with Gasteiger partial charge in [0.2, 0.25) is 5.78 Å². The summed E-state index contributed by atoms with van der Waals surface area (Å²) in [5.41, 5.74) is 1.24. The van der Waals surface area contributed by atoms with Crippen LogP contribution in [0.3, 0.4) is 0 Å². The number of hydrogen-bond donors (Lipinski definition) is 0. The zero-order chi connectivity index (χ0) is 22.0. The Morgan fingerprint density at radius 2 is 1.94 bits per heavy atom. The largest absolute Gasteiger partial charge is 0.454 e. The van der Waals surface area contributed by atoms with Gasteiger partial charge < -0.3 is 14.4 Å². The van der Waals surface area contributed by atoms with E-state index in [0.717, 1.165) is 15.6 Å². The number of ketones is 1. The number of hydrogen-bond acceptors (Lipinski definition) is 8. The monoisotopic (exact) mass is 440 g/mol. The third-order valence-corrected chi connectivity index (χ3v) is 6.51. The lowest BCUT2D eigenvalue weighted by molar-refractivity contribution is -0.384. The van der Waals surface area contributed by atoms with E-state index in [1.54, 1.807) is 0 Å². The Labute approximate surface area is 182 Å². The highest BCUT2D eigenvalue weighted by Gasteiger charge is 2.24. The first-order valence-electron chi connectivity index (χ1n) is 9.75. The van der Waals surface area contributed by atoms with Crippen molar-refractivity contribution < 1.29 is 24.0 Å². The van der Waals surface area contributed by atoms with Gasteiger partial charge in [-0.2, -0.15) is 0 Å². The van der Waals surface area contributed by atoms with E-state index in [1.165, 1.54) is 29.5 Å². The first-order valence-corrected chi connectivity index (χ1v) is 10.6. The highest BCUT2D eigenvalue weighted by Crippen LogP contribution is 2.31. The lowest BCUT2D eigenvalue weighted by Crippen LogP contribution is -2.37. The molecule has 0 amide bonds. The molecule has 1 fully saturated rings. The Morgan fingerprint density at radius 3 is 2.65 bits per heavy atom. The molecule has 2 aromatic carbocycles. The van der Waals surface area contributed by atoms with E-state index in [2.05, 4.69) is 0 Å². The zero-order valence-electron chi connectivity index (χ0n) is 16.8. The lowest BCUT2D eigenvalue weighted by Gasteiger charge is -2.30. The molecule has 9 heteroatoms. The number of Topliss-reactive ketones (excluding diaryl/α,β-unsaturated/α-hetero) is 1. The van der Waals surface area contributed by atoms with Gasteiger partial charge in [-0.15, -0.1) is 11.3 Å². The number of thiophene rings is 1. The molecule has 1 aromatic heterocycles. The molecule has 0 aliphatic carbocycles. The summed E-state index contributed by atoms with van der Waals surface area (Å²) in [6.07, 6.45) is 0. The van der Waals surface area contributed by atoms with Crippen molar-refractivity contribution in [3.8, 4) is 0 Å². The number of carbonyl (C=O) groups excluding carboxylic acids is 2. The molecule has 0 N–H and O–H groups in total. The molecule has 0 saturated carbocycles. The van der Waals surface area contributed by atoms with E-state index < -0.39 is 17.5 Å². The molecule has 0 unspecified atom stereocenters. The summed E-state index contributed by atoms with van der Waals surface area (Å²) < 4.78 is 11.6. The maximum absolute atomic E-state index is 12.8. The first kappa shape index (κ1) is 21.0. The highest BCUT2D eigenvalue weighted by atomic mass is 32.1. The van der Waals surface area contributed by atoms with E-state index in [0.29, 0.717) is 36.9 Å². The molecule has 0 atom stereocenters. The summed E-state index contributed by atoms with van der Waals surface area (Å²) >= 11 is 1.36. The second kappa shape index (κ2) is 8.83. The minimum Gasteiger partial charge on any atom is -0.454 e. The lowest BCUT2D eigenvalue weighted by atomic mass is 10.1. The maximum Gasteiger partial charge on any atom is 0.340 e. The average molecular weight is 440 g/mol. The quantitative estimate of drug-likeness (QED) is 0.247. The van der Waals surface area contributed by atoms with Crippen molar-refractivity contribution in [2.24, 2.45) is 0 Å². The number of morpholine rings is 1. The molecule has 160 valence electrons. The van der Waals surface area contributed by atoms with Gasteiger partial charge in [0.15, 0.2) is 6.61 Å². The Balaban J connectivity index is 1.55. The number of ether oxygens (including phenoxy) is 2. The van der Waals surface area contributed by atoms with Crippen molar-refractivity contribution in [3.05, 3.63) is 68.6 Å². The van der Waals surface area contributed by atoms with Gasteiger partial charge in [0.05, 0.1) is 34.3 Å².